The molecule has 0 saturated carbocycles. The van der Waals surface area contributed by atoms with Crippen LogP contribution in [-0.2, 0) is 18.4 Å². The summed E-state index contributed by atoms with van der Waals surface area (Å²) in [5.74, 6) is 1.03. The molecular weight excluding hydrogens is 390 g/mol. The predicted molar refractivity (Wildman–Crippen MR) is 125 cm³/mol. The first-order valence-corrected chi connectivity index (χ1v) is 10.5. The van der Waals surface area contributed by atoms with Crippen LogP contribution >= 0.6 is 0 Å². The van der Waals surface area contributed by atoms with Crippen molar-refractivity contribution >= 4 is 33.8 Å². The molecule has 0 aliphatic rings. The number of pyridine rings is 1. The molecule has 1 amide bonds. The van der Waals surface area contributed by atoms with Gasteiger partial charge in [0.2, 0.25) is 5.91 Å². The van der Waals surface area contributed by atoms with Gasteiger partial charge in [-0.2, -0.15) is 0 Å². The summed E-state index contributed by atoms with van der Waals surface area (Å²) in [5.41, 5.74) is 11.7. The molecule has 8 nitrogen and oxygen atoms in total. The summed E-state index contributed by atoms with van der Waals surface area (Å²) in [6, 6.07) is 9.75. The van der Waals surface area contributed by atoms with Crippen LogP contribution in [-0.4, -0.2) is 38.5 Å². The SMILES string of the molecule is CNc1nc2[nH]c(-c3ccc(CNC(=O)[C@@H](N)CC(C)C)cc3)cc2c2c1ncn2C. The van der Waals surface area contributed by atoms with E-state index in [1.807, 2.05) is 42.9 Å². The molecular formula is C23H29N7O. The van der Waals surface area contributed by atoms with E-state index in [9.17, 15) is 4.79 Å². The molecule has 31 heavy (non-hydrogen) atoms. The molecule has 0 aliphatic heterocycles. The van der Waals surface area contributed by atoms with Crippen LogP contribution in [0.1, 0.15) is 25.8 Å². The highest BCUT2D eigenvalue weighted by Crippen LogP contribution is 2.31. The minimum atomic E-state index is -0.468. The molecule has 0 radical (unpaired) electrons. The number of fused-ring (bicyclic) bond motifs is 3. The molecule has 162 valence electrons. The smallest absolute Gasteiger partial charge is 0.237 e. The number of carbonyl (C=O) groups is 1. The number of aromatic nitrogens is 4. The van der Waals surface area contributed by atoms with Gasteiger partial charge in [0.25, 0.3) is 0 Å². The fourth-order valence-electron chi connectivity index (χ4n) is 3.87. The number of hydrogen-bond acceptors (Lipinski definition) is 5. The van der Waals surface area contributed by atoms with Crippen molar-refractivity contribution in [2.45, 2.75) is 32.9 Å². The lowest BCUT2D eigenvalue weighted by Gasteiger charge is -2.14. The van der Waals surface area contributed by atoms with Crippen molar-refractivity contribution < 1.29 is 4.79 Å². The van der Waals surface area contributed by atoms with Crippen LogP contribution in [0.3, 0.4) is 0 Å². The molecule has 4 aromatic rings. The van der Waals surface area contributed by atoms with E-state index in [1.165, 1.54) is 0 Å². The summed E-state index contributed by atoms with van der Waals surface area (Å²) >= 11 is 0. The van der Waals surface area contributed by atoms with Crippen molar-refractivity contribution in [2.24, 2.45) is 18.7 Å². The number of amides is 1. The van der Waals surface area contributed by atoms with Gasteiger partial charge in [0.15, 0.2) is 5.82 Å². The summed E-state index contributed by atoms with van der Waals surface area (Å²) < 4.78 is 2.01. The molecule has 0 spiro atoms. The molecule has 1 atom stereocenters. The maximum atomic E-state index is 12.1. The molecule has 0 bridgehead atoms. The number of nitrogens with one attached hydrogen (secondary N) is 3. The van der Waals surface area contributed by atoms with E-state index in [0.29, 0.717) is 18.9 Å². The van der Waals surface area contributed by atoms with Crippen LogP contribution in [0.2, 0.25) is 0 Å². The summed E-state index contributed by atoms with van der Waals surface area (Å²) in [7, 11) is 3.83. The Morgan fingerprint density at radius 1 is 1.26 bits per heavy atom. The van der Waals surface area contributed by atoms with Gasteiger partial charge >= 0.3 is 0 Å². The van der Waals surface area contributed by atoms with E-state index in [1.54, 1.807) is 6.33 Å². The number of rotatable bonds is 7. The van der Waals surface area contributed by atoms with Crippen LogP contribution in [0.4, 0.5) is 5.82 Å². The number of benzene rings is 1. The Balaban J connectivity index is 1.55. The van der Waals surface area contributed by atoms with Crippen molar-refractivity contribution in [3.63, 3.8) is 0 Å². The summed E-state index contributed by atoms with van der Waals surface area (Å²) in [5, 5.41) is 7.07. The van der Waals surface area contributed by atoms with Crippen molar-refractivity contribution in [1.82, 2.24) is 24.8 Å². The monoisotopic (exact) mass is 419 g/mol. The van der Waals surface area contributed by atoms with Crippen molar-refractivity contribution in [1.29, 1.82) is 0 Å². The standard InChI is InChI=1S/C23H29N7O/c1-13(2)9-17(24)23(31)26-11-14-5-7-15(8-6-14)18-10-16-20-19(27-12-30(20)4)22(25-3)29-21(16)28-18/h5-8,10,12-13,17H,9,11,24H2,1-4H3,(H,26,31)(H2,25,28,29)/t17-/m0/s1. The zero-order valence-corrected chi connectivity index (χ0v) is 18.4. The Labute approximate surface area is 181 Å². The minimum Gasteiger partial charge on any atom is -0.371 e. The maximum absolute atomic E-state index is 12.1. The summed E-state index contributed by atoms with van der Waals surface area (Å²) in [6.45, 7) is 4.58. The van der Waals surface area contributed by atoms with Crippen molar-refractivity contribution in [2.75, 3.05) is 12.4 Å². The van der Waals surface area contributed by atoms with Gasteiger partial charge in [0.1, 0.15) is 11.2 Å². The number of carbonyl (C=O) groups excluding carboxylic acids is 1. The molecule has 3 aromatic heterocycles. The Hall–Kier alpha value is -3.39. The maximum Gasteiger partial charge on any atom is 0.237 e. The highest BCUT2D eigenvalue weighted by molar-refractivity contribution is 6.07. The fourth-order valence-corrected chi connectivity index (χ4v) is 3.87. The zero-order valence-electron chi connectivity index (χ0n) is 18.4. The van der Waals surface area contributed by atoms with Gasteiger partial charge in [-0.25, -0.2) is 9.97 Å². The van der Waals surface area contributed by atoms with E-state index in [0.717, 1.165) is 44.7 Å². The lowest BCUT2D eigenvalue weighted by molar-refractivity contribution is -0.122. The topological polar surface area (TPSA) is 114 Å². The third-order valence-electron chi connectivity index (χ3n) is 5.47. The second-order valence-corrected chi connectivity index (χ2v) is 8.36. The lowest BCUT2D eigenvalue weighted by Crippen LogP contribution is -2.40. The first-order chi connectivity index (χ1) is 14.9. The van der Waals surface area contributed by atoms with Crippen LogP contribution < -0.4 is 16.4 Å². The number of imidazole rings is 1. The molecule has 4 rings (SSSR count). The minimum absolute atomic E-state index is 0.111. The van der Waals surface area contributed by atoms with E-state index in [2.05, 4.69) is 45.5 Å². The lowest BCUT2D eigenvalue weighted by atomic mass is 10.0. The Morgan fingerprint density at radius 3 is 2.68 bits per heavy atom. The van der Waals surface area contributed by atoms with Crippen molar-refractivity contribution in [3.8, 4) is 11.3 Å². The van der Waals surface area contributed by atoms with Crippen LogP contribution in [0.15, 0.2) is 36.7 Å². The first-order valence-electron chi connectivity index (χ1n) is 10.5. The molecule has 1 aromatic carbocycles. The molecule has 8 heteroatoms. The Morgan fingerprint density at radius 2 is 2.00 bits per heavy atom. The number of aromatic amines is 1. The number of H-pyrrole nitrogens is 1. The predicted octanol–water partition coefficient (Wildman–Crippen LogP) is 3.15. The highest BCUT2D eigenvalue weighted by Gasteiger charge is 2.16. The number of hydrogen-bond donors (Lipinski definition) is 4. The van der Waals surface area contributed by atoms with Gasteiger partial charge in [-0.15, -0.1) is 0 Å². The third-order valence-corrected chi connectivity index (χ3v) is 5.47. The van der Waals surface area contributed by atoms with Gasteiger partial charge in [-0.05, 0) is 29.5 Å². The van der Waals surface area contributed by atoms with E-state index in [-0.39, 0.29) is 5.91 Å². The van der Waals surface area contributed by atoms with E-state index >= 15 is 0 Å². The molecule has 5 N–H and O–H groups in total. The first kappa shape index (κ1) is 20.9. The normalized spacial score (nSPS) is 12.6. The van der Waals surface area contributed by atoms with E-state index in [4.69, 9.17) is 5.73 Å². The number of nitrogens with two attached hydrogens (primary N) is 1. The van der Waals surface area contributed by atoms with Gasteiger partial charge in [0.05, 0.1) is 17.9 Å². The molecule has 0 unspecified atom stereocenters. The van der Waals surface area contributed by atoms with E-state index < -0.39 is 6.04 Å². The van der Waals surface area contributed by atoms with Gasteiger partial charge in [0, 0.05) is 31.7 Å². The largest absolute Gasteiger partial charge is 0.371 e. The summed E-state index contributed by atoms with van der Waals surface area (Å²) in [4.78, 5) is 24.7. The zero-order chi connectivity index (χ0) is 22.1. The van der Waals surface area contributed by atoms with Crippen LogP contribution in [0, 0.1) is 5.92 Å². The molecule has 3 heterocycles. The van der Waals surface area contributed by atoms with Gasteiger partial charge in [-0.1, -0.05) is 38.1 Å². The summed E-state index contributed by atoms with van der Waals surface area (Å²) in [6.07, 6.45) is 2.48. The molecule has 0 fully saturated rings. The molecule has 0 aliphatic carbocycles. The quantitative estimate of drug-likeness (QED) is 0.367. The number of aryl methyl sites for hydroxylation is 1. The Kier molecular flexibility index (Phi) is 5.65. The fraction of sp³-hybridized carbons (Fsp3) is 0.348. The highest BCUT2D eigenvalue weighted by atomic mass is 16.2. The average molecular weight is 420 g/mol. The number of nitrogens with zero attached hydrogens (tertiary/aromatic N) is 3. The second kappa shape index (κ2) is 8.39. The van der Waals surface area contributed by atoms with Crippen molar-refractivity contribution in [3.05, 3.63) is 42.2 Å². The van der Waals surface area contributed by atoms with Crippen LogP contribution in [0.25, 0.3) is 33.3 Å². The number of anilines is 1. The van der Waals surface area contributed by atoms with Crippen LogP contribution in [0.5, 0.6) is 0 Å². The average Bonchev–Trinajstić information content (AvgIpc) is 3.34. The third kappa shape index (κ3) is 4.11. The second-order valence-electron chi connectivity index (χ2n) is 8.36. The Bertz CT molecular complexity index is 1220. The van der Waals surface area contributed by atoms with Gasteiger partial charge in [-0.3, -0.25) is 4.79 Å². The molecule has 0 saturated heterocycles. The van der Waals surface area contributed by atoms with Gasteiger partial charge < -0.3 is 25.9 Å².